The SMILES string of the molecule is O=C(c1cc(-c2ccccc2)no1)N1CCOC(CO)C1. The number of rotatable bonds is 3. The molecule has 0 saturated carbocycles. The highest BCUT2D eigenvalue weighted by atomic mass is 16.5. The first-order chi connectivity index (χ1) is 10.3. The average molecular weight is 288 g/mol. The molecule has 0 bridgehead atoms. The molecule has 0 spiro atoms. The number of carbonyl (C=O) groups is 1. The molecule has 3 rings (SSSR count). The van der Waals surface area contributed by atoms with E-state index < -0.39 is 0 Å². The molecular formula is C15H16N2O4. The van der Waals surface area contributed by atoms with Gasteiger partial charge in [0.2, 0.25) is 5.76 Å². The molecule has 110 valence electrons. The maximum absolute atomic E-state index is 12.4. The predicted octanol–water partition coefficient (Wildman–Crippen LogP) is 1.17. The zero-order valence-electron chi connectivity index (χ0n) is 11.4. The number of aliphatic hydroxyl groups excluding tert-OH is 1. The van der Waals surface area contributed by atoms with E-state index in [4.69, 9.17) is 14.4 Å². The lowest BCUT2D eigenvalue weighted by atomic mass is 10.1. The van der Waals surface area contributed by atoms with Crippen LogP contribution >= 0.6 is 0 Å². The van der Waals surface area contributed by atoms with E-state index in [1.165, 1.54) is 0 Å². The van der Waals surface area contributed by atoms with Crippen LogP contribution in [-0.2, 0) is 4.74 Å². The van der Waals surface area contributed by atoms with Gasteiger partial charge in [-0.25, -0.2) is 0 Å². The molecule has 0 radical (unpaired) electrons. The number of hydrogen-bond donors (Lipinski definition) is 1. The fourth-order valence-electron chi connectivity index (χ4n) is 2.29. The maximum atomic E-state index is 12.4. The fourth-order valence-corrected chi connectivity index (χ4v) is 2.29. The second-order valence-corrected chi connectivity index (χ2v) is 4.87. The minimum Gasteiger partial charge on any atom is -0.394 e. The topological polar surface area (TPSA) is 75.8 Å². The number of ether oxygens (including phenoxy) is 1. The molecule has 1 N–H and O–H groups in total. The summed E-state index contributed by atoms with van der Waals surface area (Å²) in [4.78, 5) is 14.0. The first-order valence-corrected chi connectivity index (χ1v) is 6.82. The summed E-state index contributed by atoms with van der Waals surface area (Å²) in [5, 5.41) is 13.1. The maximum Gasteiger partial charge on any atom is 0.292 e. The highest BCUT2D eigenvalue weighted by Gasteiger charge is 2.27. The molecule has 6 heteroatoms. The molecule has 1 aromatic carbocycles. The fraction of sp³-hybridized carbons (Fsp3) is 0.333. The molecule has 1 aliphatic rings. The Morgan fingerprint density at radius 3 is 2.95 bits per heavy atom. The van der Waals surface area contributed by atoms with Crippen LogP contribution in [0.25, 0.3) is 11.3 Å². The molecule has 1 saturated heterocycles. The number of benzene rings is 1. The van der Waals surface area contributed by atoms with E-state index >= 15 is 0 Å². The van der Waals surface area contributed by atoms with Gasteiger partial charge in [-0.15, -0.1) is 0 Å². The van der Waals surface area contributed by atoms with Gasteiger partial charge in [0.15, 0.2) is 0 Å². The molecule has 1 atom stereocenters. The Hall–Kier alpha value is -2.18. The van der Waals surface area contributed by atoms with E-state index in [0.717, 1.165) is 5.56 Å². The zero-order valence-corrected chi connectivity index (χ0v) is 11.4. The van der Waals surface area contributed by atoms with Crippen LogP contribution in [-0.4, -0.2) is 53.5 Å². The third-order valence-electron chi connectivity index (χ3n) is 3.42. The largest absolute Gasteiger partial charge is 0.394 e. The summed E-state index contributed by atoms with van der Waals surface area (Å²) in [7, 11) is 0. The normalized spacial score (nSPS) is 18.7. The average Bonchev–Trinajstić information content (AvgIpc) is 3.05. The van der Waals surface area contributed by atoms with Crippen molar-refractivity contribution in [3.63, 3.8) is 0 Å². The van der Waals surface area contributed by atoms with Crippen LogP contribution in [0.15, 0.2) is 40.9 Å². The molecule has 6 nitrogen and oxygen atoms in total. The van der Waals surface area contributed by atoms with Gasteiger partial charge >= 0.3 is 0 Å². The van der Waals surface area contributed by atoms with Crippen molar-refractivity contribution in [3.05, 3.63) is 42.2 Å². The molecular weight excluding hydrogens is 272 g/mol. The third kappa shape index (κ3) is 2.96. The monoisotopic (exact) mass is 288 g/mol. The van der Waals surface area contributed by atoms with Crippen molar-refractivity contribution >= 4 is 5.91 Å². The Labute approximate surface area is 121 Å². The van der Waals surface area contributed by atoms with E-state index in [9.17, 15) is 4.79 Å². The molecule has 2 aromatic rings. The summed E-state index contributed by atoms with van der Waals surface area (Å²) in [5.41, 5.74) is 1.53. The van der Waals surface area contributed by atoms with Crippen LogP contribution in [0.5, 0.6) is 0 Å². The predicted molar refractivity (Wildman–Crippen MR) is 74.7 cm³/mol. The summed E-state index contributed by atoms with van der Waals surface area (Å²) in [5.74, 6) is -0.0288. The first kappa shape index (κ1) is 13.8. The van der Waals surface area contributed by atoms with Crippen LogP contribution in [0.2, 0.25) is 0 Å². The first-order valence-electron chi connectivity index (χ1n) is 6.82. The summed E-state index contributed by atoms with van der Waals surface area (Å²) in [6.07, 6.45) is -0.334. The quantitative estimate of drug-likeness (QED) is 0.917. The number of carbonyl (C=O) groups excluding carboxylic acids is 1. The second kappa shape index (κ2) is 6.07. The van der Waals surface area contributed by atoms with Gasteiger partial charge in [0.05, 0.1) is 19.3 Å². The lowest BCUT2D eigenvalue weighted by Gasteiger charge is -2.31. The van der Waals surface area contributed by atoms with Crippen LogP contribution in [0.3, 0.4) is 0 Å². The Bertz CT molecular complexity index is 611. The van der Waals surface area contributed by atoms with Crippen LogP contribution in [0.4, 0.5) is 0 Å². The highest BCUT2D eigenvalue weighted by Crippen LogP contribution is 2.20. The minimum absolute atomic E-state index is 0.102. The lowest BCUT2D eigenvalue weighted by molar-refractivity contribution is -0.0455. The summed E-state index contributed by atoms with van der Waals surface area (Å²) >= 11 is 0. The van der Waals surface area contributed by atoms with Crippen molar-refractivity contribution in [2.45, 2.75) is 6.10 Å². The zero-order chi connectivity index (χ0) is 14.7. The molecule has 0 aliphatic carbocycles. The molecule has 1 fully saturated rings. The number of hydrogen-bond acceptors (Lipinski definition) is 5. The molecule has 1 aliphatic heterocycles. The van der Waals surface area contributed by atoms with Crippen molar-refractivity contribution in [3.8, 4) is 11.3 Å². The van der Waals surface area contributed by atoms with Crippen LogP contribution < -0.4 is 0 Å². The number of aliphatic hydroxyl groups is 1. The molecule has 1 amide bonds. The van der Waals surface area contributed by atoms with Crippen molar-refractivity contribution < 1.29 is 19.2 Å². The van der Waals surface area contributed by atoms with Gasteiger partial charge < -0.3 is 19.3 Å². The highest BCUT2D eigenvalue weighted by molar-refractivity contribution is 5.92. The van der Waals surface area contributed by atoms with E-state index in [1.807, 2.05) is 30.3 Å². The standard InChI is InChI=1S/C15H16N2O4/c18-10-12-9-17(6-7-20-12)15(19)14-8-13(16-21-14)11-4-2-1-3-5-11/h1-5,8,12,18H,6-7,9-10H2. The Kier molecular flexibility index (Phi) is 3.98. The Morgan fingerprint density at radius 1 is 1.38 bits per heavy atom. The smallest absolute Gasteiger partial charge is 0.292 e. The van der Waals surface area contributed by atoms with Gasteiger partial charge in [0.25, 0.3) is 5.91 Å². The summed E-state index contributed by atoms with van der Waals surface area (Å²) in [6.45, 7) is 1.15. The van der Waals surface area contributed by atoms with Crippen LogP contribution in [0, 0.1) is 0 Å². The number of amides is 1. The van der Waals surface area contributed by atoms with Crippen molar-refractivity contribution in [1.29, 1.82) is 0 Å². The van der Waals surface area contributed by atoms with E-state index in [2.05, 4.69) is 5.16 Å². The molecule has 2 heterocycles. The van der Waals surface area contributed by atoms with Gasteiger partial charge in [-0.05, 0) is 0 Å². The summed E-state index contributed by atoms with van der Waals surface area (Å²) < 4.78 is 10.5. The van der Waals surface area contributed by atoms with Crippen molar-refractivity contribution in [1.82, 2.24) is 10.1 Å². The van der Waals surface area contributed by atoms with Gasteiger partial charge in [0.1, 0.15) is 5.69 Å². The number of aromatic nitrogens is 1. The molecule has 1 aromatic heterocycles. The van der Waals surface area contributed by atoms with Gasteiger partial charge in [-0.2, -0.15) is 0 Å². The number of nitrogens with zero attached hydrogens (tertiary/aromatic N) is 2. The molecule has 21 heavy (non-hydrogen) atoms. The van der Waals surface area contributed by atoms with Crippen molar-refractivity contribution in [2.75, 3.05) is 26.3 Å². The molecule has 1 unspecified atom stereocenters. The minimum atomic E-state index is -0.334. The van der Waals surface area contributed by atoms with Gasteiger partial charge in [-0.3, -0.25) is 4.79 Å². The van der Waals surface area contributed by atoms with Crippen LogP contribution in [0.1, 0.15) is 10.6 Å². The van der Waals surface area contributed by atoms with E-state index in [1.54, 1.807) is 11.0 Å². The summed E-state index contributed by atoms with van der Waals surface area (Å²) in [6, 6.07) is 11.2. The van der Waals surface area contributed by atoms with E-state index in [0.29, 0.717) is 25.4 Å². The van der Waals surface area contributed by atoms with E-state index in [-0.39, 0.29) is 24.4 Å². The third-order valence-corrected chi connectivity index (χ3v) is 3.42. The number of morpholine rings is 1. The van der Waals surface area contributed by atoms with Gasteiger partial charge in [0, 0.05) is 24.7 Å². The van der Waals surface area contributed by atoms with Gasteiger partial charge in [-0.1, -0.05) is 35.5 Å². The second-order valence-electron chi connectivity index (χ2n) is 4.87. The Morgan fingerprint density at radius 2 is 2.19 bits per heavy atom. The van der Waals surface area contributed by atoms with Crippen molar-refractivity contribution in [2.24, 2.45) is 0 Å². The Balaban J connectivity index is 1.75. The lowest BCUT2D eigenvalue weighted by Crippen LogP contribution is -2.46.